The average Bonchev–Trinajstić information content (AvgIpc) is 2.63. The Kier molecular flexibility index (Phi) is 6.76. The molecular weight excluding hydrogens is 322 g/mol. The molecule has 0 bridgehead atoms. The molecule has 1 aliphatic heterocycles. The van der Waals surface area contributed by atoms with E-state index in [1.165, 1.54) is 5.56 Å². The van der Waals surface area contributed by atoms with Crippen molar-refractivity contribution in [3.05, 3.63) is 66.0 Å². The standard InChI is InChI=1S/C19H23N3O.ClH/c1-15(16-6-3-2-4-7-16)12-19(23)22-11-10-21-14-18(22)17-8-5-9-20-13-17;/h2-9,13,15,18,21H,10-12,14H2,1H3;1H. The molecule has 1 aromatic heterocycles. The van der Waals surface area contributed by atoms with Crippen molar-refractivity contribution in [2.24, 2.45) is 0 Å². The van der Waals surface area contributed by atoms with E-state index >= 15 is 0 Å². The second-order valence-corrected chi connectivity index (χ2v) is 6.11. The molecule has 1 aliphatic rings. The minimum absolute atomic E-state index is 0. The number of carbonyl (C=O) groups excluding carboxylic acids is 1. The van der Waals surface area contributed by atoms with Gasteiger partial charge in [-0.15, -0.1) is 12.4 Å². The smallest absolute Gasteiger partial charge is 0.223 e. The Hall–Kier alpha value is -1.91. The minimum atomic E-state index is 0. The molecule has 0 aliphatic carbocycles. The summed E-state index contributed by atoms with van der Waals surface area (Å²) in [5.74, 6) is 0.449. The highest BCUT2D eigenvalue weighted by Gasteiger charge is 2.28. The maximum atomic E-state index is 12.8. The van der Waals surface area contributed by atoms with Gasteiger partial charge in [-0.1, -0.05) is 43.3 Å². The molecule has 0 radical (unpaired) electrons. The first-order valence-electron chi connectivity index (χ1n) is 8.21. The quantitative estimate of drug-likeness (QED) is 0.925. The number of carbonyl (C=O) groups is 1. The van der Waals surface area contributed by atoms with Gasteiger partial charge in [-0.3, -0.25) is 9.78 Å². The lowest BCUT2D eigenvalue weighted by Gasteiger charge is -2.37. The lowest BCUT2D eigenvalue weighted by molar-refractivity contribution is -0.134. The predicted octanol–water partition coefficient (Wildman–Crippen LogP) is 3.17. The summed E-state index contributed by atoms with van der Waals surface area (Å²) in [5, 5.41) is 3.38. The van der Waals surface area contributed by atoms with Crippen molar-refractivity contribution in [1.29, 1.82) is 0 Å². The van der Waals surface area contributed by atoms with E-state index in [0.717, 1.165) is 25.2 Å². The van der Waals surface area contributed by atoms with Gasteiger partial charge in [-0.25, -0.2) is 0 Å². The topological polar surface area (TPSA) is 45.2 Å². The normalized spacial score (nSPS) is 18.5. The van der Waals surface area contributed by atoms with Gasteiger partial charge in [0, 0.05) is 38.4 Å². The molecule has 2 atom stereocenters. The number of rotatable bonds is 4. The predicted molar refractivity (Wildman–Crippen MR) is 98.3 cm³/mol. The highest BCUT2D eigenvalue weighted by atomic mass is 35.5. The van der Waals surface area contributed by atoms with Crippen LogP contribution in [0.25, 0.3) is 0 Å². The van der Waals surface area contributed by atoms with E-state index in [-0.39, 0.29) is 30.3 Å². The van der Waals surface area contributed by atoms with Gasteiger partial charge in [-0.2, -0.15) is 0 Å². The first kappa shape index (κ1) is 18.4. The van der Waals surface area contributed by atoms with Crippen molar-refractivity contribution in [1.82, 2.24) is 15.2 Å². The second-order valence-electron chi connectivity index (χ2n) is 6.11. The first-order valence-corrected chi connectivity index (χ1v) is 8.21. The van der Waals surface area contributed by atoms with Crippen molar-refractivity contribution in [2.75, 3.05) is 19.6 Å². The molecule has 1 amide bonds. The average molecular weight is 346 g/mol. The summed E-state index contributed by atoms with van der Waals surface area (Å²) in [6.45, 7) is 4.51. The Bertz CT molecular complexity index is 636. The van der Waals surface area contributed by atoms with Crippen LogP contribution in [0, 0.1) is 0 Å². The monoisotopic (exact) mass is 345 g/mol. The molecule has 2 aromatic rings. The number of hydrogen-bond acceptors (Lipinski definition) is 3. The van der Waals surface area contributed by atoms with E-state index in [2.05, 4.69) is 29.4 Å². The number of piperazine rings is 1. The molecule has 1 saturated heterocycles. The number of aromatic nitrogens is 1. The Balaban J connectivity index is 0.00000208. The van der Waals surface area contributed by atoms with Crippen LogP contribution in [0.1, 0.15) is 36.4 Å². The van der Waals surface area contributed by atoms with E-state index in [9.17, 15) is 4.79 Å². The van der Waals surface area contributed by atoms with Crippen LogP contribution in [-0.4, -0.2) is 35.4 Å². The van der Waals surface area contributed by atoms with Gasteiger partial charge in [0.2, 0.25) is 5.91 Å². The van der Waals surface area contributed by atoms with Crippen LogP contribution in [0.3, 0.4) is 0 Å². The maximum Gasteiger partial charge on any atom is 0.223 e. The van der Waals surface area contributed by atoms with Gasteiger partial charge in [0.15, 0.2) is 0 Å². The van der Waals surface area contributed by atoms with Gasteiger partial charge in [0.05, 0.1) is 6.04 Å². The Morgan fingerprint density at radius 2 is 2.08 bits per heavy atom. The molecule has 1 aromatic carbocycles. The Labute approximate surface area is 149 Å². The lowest BCUT2D eigenvalue weighted by Crippen LogP contribution is -2.48. The van der Waals surface area contributed by atoms with E-state index in [1.807, 2.05) is 41.4 Å². The summed E-state index contributed by atoms with van der Waals surface area (Å²) >= 11 is 0. The summed E-state index contributed by atoms with van der Waals surface area (Å²) in [5.41, 5.74) is 2.31. The summed E-state index contributed by atoms with van der Waals surface area (Å²) in [6.07, 6.45) is 4.17. The van der Waals surface area contributed by atoms with Crippen molar-refractivity contribution < 1.29 is 4.79 Å². The van der Waals surface area contributed by atoms with Crippen LogP contribution in [0.15, 0.2) is 54.9 Å². The summed E-state index contributed by atoms with van der Waals surface area (Å²) in [4.78, 5) is 19.0. The lowest BCUT2D eigenvalue weighted by atomic mass is 9.96. The van der Waals surface area contributed by atoms with E-state index in [4.69, 9.17) is 0 Å². The largest absolute Gasteiger partial charge is 0.333 e. The number of hydrogen-bond donors (Lipinski definition) is 1. The molecule has 0 spiro atoms. The number of nitrogens with zero attached hydrogens (tertiary/aromatic N) is 2. The van der Waals surface area contributed by atoms with Crippen LogP contribution in [0.4, 0.5) is 0 Å². The summed E-state index contributed by atoms with van der Waals surface area (Å²) in [7, 11) is 0. The molecule has 128 valence electrons. The van der Waals surface area contributed by atoms with Gasteiger partial charge >= 0.3 is 0 Å². The van der Waals surface area contributed by atoms with E-state index < -0.39 is 0 Å². The minimum Gasteiger partial charge on any atom is -0.333 e. The summed E-state index contributed by atoms with van der Waals surface area (Å²) in [6, 6.07) is 14.3. The fourth-order valence-electron chi connectivity index (χ4n) is 3.15. The van der Waals surface area contributed by atoms with Gasteiger partial charge in [-0.05, 0) is 23.1 Å². The fraction of sp³-hybridized carbons (Fsp3) is 0.368. The number of halogens is 1. The molecule has 2 unspecified atom stereocenters. The molecule has 1 N–H and O–H groups in total. The molecular formula is C19H24ClN3O. The first-order chi connectivity index (χ1) is 11.3. The van der Waals surface area contributed by atoms with Crippen LogP contribution in [0.5, 0.6) is 0 Å². The zero-order valence-corrected chi connectivity index (χ0v) is 14.7. The third kappa shape index (κ3) is 4.34. The van der Waals surface area contributed by atoms with Crippen LogP contribution in [0.2, 0.25) is 0 Å². The van der Waals surface area contributed by atoms with Gasteiger partial charge in [0.25, 0.3) is 0 Å². The molecule has 1 fully saturated rings. The third-order valence-electron chi connectivity index (χ3n) is 4.48. The molecule has 4 nitrogen and oxygen atoms in total. The number of pyridine rings is 1. The highest BCUT2D eigenvalue weighted by Crippen LogP contribution is 2.25. The highest BCUT2D eigenvalue weighted by molar-refractivity contribution is 5.85. The van der Waals surface area contributed by atoms with Crippen LogP contribution >= 0.6 is 12.4 Å². The number of benzene rings is 1. The Morgan fingerprint density at radius 1 is 1.29 bits per heavy atom. The van der Waals surface area contributed by atoms with E-state index in [1.54, 1.807) is 6.20 Å². The fourth-order valence-corrected chi connectivity index (χ4v) is 3.15. The van der Waals surface area contributed by atoms with Crippen molar-refractivity contribution in [2.45, 2.75) is 25.3 Å². The molecule has 2 heterocycles. The Morgan fingerprint density at radius 3 is 2.79 bits per heavy atom. The van der Waals surface area contributed by atoms with E-state index in [0.29, 0.717) is 6.42 Å². The van der Waals surface area contributed by atoms with Crippen molar-refractivity contribution in [3.63, 3.8) is 0 Å². The van der Waals surface area contributed by atoms with Crippen molar-refractivity contribution >= 4 is 18.3 Å². The van der Waals surface area contributed by atoms with Gasteiger partial charge in [0.1, 0.15) is 0 Å². The maximum absolute atomic E-state index is 12.8. The van der Waals surface area contributed by atoms with Crippen LogP contribution < -0.4 is 5.32 Å². The van der Waals surface area contributed by atoms with Gasteiger partial charge < -0.3 is 10.2 Å². The summed E-state index contributed by atoms with van der Waals surface area (Å²) < 4.78 is 0. The second kappa shape index (κ2) is 8.81. The molecule has 0 saturated carbocycles. The molecule has 5 heteroatoms. The zero-order valence-electron chi connectivity index (χ0n) is 13.9. The zero-order chi connectivity index (χ0) is 16.1. The van der Waals surface area contributed by atoms with Crippen molar-refractivity contribution in [3.8, 4) is 0 Å². The molecule has 24 heavy (non-hydrogen) atoms. The number of nitrogens with one attached hydrogen (secondary N) is 1. The van der Waals surface area contributed by atoms with Crippen LogP contribution in [-0.2, 0) is 4.79 Å². The molecule has 3 rings (SSSR count). The SMILES string of the molecule is CC(CC(=O)N1CCNCC1c1cccnc1)c1ccccc1.Cl. The third-order valence-corrected chi connectivity index (χ3v) is 4.48. The number of amides is 1.